The number of methoxy groups -OCH3 is 2. The Balaban J connectivity index is 2.90. The topological polar surface area (TPSA) is 78.4 Å². The normalized spacial score (nSPS) is 10.2. The molecule has 0 saturated heterocycles. The molecule has 0 aliphatic carbocycles. The quantitative estimate of drug-likeness (QED) is 0.810. The van der Waals surface area contributed by atoms with Gasteiger partial charge in [0.1, 0.15) is 0 Å². The van der Waals surface area contributed by atoms with Gasteiger partial charge in [-0.05, 0) is 19.9 Å². The van der Waals surface area contributed by atoms with Crippen LogP contribution < -0.4 is 0 Å². The summed E-state index contributed by atoms with van der Waals surface area (Å²) in [5, 5.41) is 0. The molecule has 0 bridgehead atoms. The summed E-state index contributed by atoms with van der Waals surface area (Å²) in [4.78, 5) is 32.7. The molecule has 0 aliphatic heterocycles. The Kier molecular flexibility index (Phi) is 4.50. The van der Waals surface area contributed by atoms with Crippen LogP contribution in [0.15, 0.2) is 24.5 Å². The molecule has 0 spiro atoms. The summed E-state index contributed by atoms with van der Waals surface area (Å²) in [6, 6.07) is 3.49. The Bertz CT molecular complexity index is 686. The molecule has 0 fully saturated rings. The zero-order valence-electron chi connectivity index (χ0n) is 12.8. The predicted octanol–water partition coefficient (Wildman–Crippen LogP) is 2.33. The highest BCUT2D eigenvalue weighted by molar-refractivity contribution is 6.07. The van der Waals surface area contributed by atoms with Gasteiger partial charge < -0.3 is 9.47 Å². The van der Waals surface area contributed by atoms with Crippen LogP contribution in [0.3, 0.4) is 0 Å². The van der Waals surface area contributed by atoms with Crippen LogP contribution in [0.4, 0.5) is 0 Å². The van der Waals surface area contributed by atoms with Crippen LogP contribution in [-0.2, 0) is 9.47 Å². The van der Waals surface area contributed by atoms with Gasteiger partial charge in [-0.1, -0.05) is 6.07 Å². The zero-order chi connectivity index (χ0) is 16.3. The SMILES string of the molecule is COC(=O)c1c(C)nc(C)c(C(=O)OC)c1-c1cccnc1. The van der Waals surface area contributed by atoms with Gasteiger partial charge in [-0.15, -0.1) is 0 Å². The fourth-order valence-corrected chi connectivity index (χ4v) is 2.35. The lowest BCUT2D eigenvalue weighted by atomic mass is 9.93. The second-order valence-corrected chi connectivity index (χ2v) is 4.63. The average Bonchev–Trinajstić information content (AvgIpc) is 2.53. The minimum atomic E-state index is -0.561. The van der Waals surface area contributed by atoms with Crippen molar-refractivity contribution < 1.29 is 19.1 Å². The van der Waals surface area contributed by atoms with E-state index in [0.29, 0.717) is 22.5 Å². The number of hydrogen-bond donors (Lipinski definition) is 0. The summed E-state index contributed by atoms with van der Waals surface area (Å²) in [7, 11) is 2.57. The third-order valence-electron chi connectivity index (χ3n) is 3.29. The third-order valence-corrected chi connectivity index (χ3v) is 3.29. The van der Waals surface area contributed by atoms with Crippen molar-refractivity contribution in [2.24, 2.45) is 0 Å². The molecule has 22 heavy (non-hydrogen) atoms. The zero-order valence-corrected chi connectivity index (χ0v) is 12.8. The molecule has 2 aromatic heterocycles. The fraction of sp³-hybridized carbons (Fsp3) is 0.250. The number of carbonyl (C=O) groups excluding carboxylic acids is 2. The number of carbonyl (C=O) groups is 2. The maximum atomic E-state index is 12.2. The number of aryl methyl sites for hydroxylation is 2. The number of nitrogens with zero attached hydrogens (tertiary/aromatic N) is 2. The molecule has 0 saturated carbocycles. The van der Waals surface area contributed by atoms with E-state index in [1.54, 1.807) is 38.4 Å². The third kappa shape index (κ3) is 2.67. The van der Waals surface area contributed by atoms with Crippen molar-refractivity contribution in [1.29, 1.82) is 0 Å². The Morgan fingerprint density at radius 1 is 1.00 bits per heavy atom. The molecule has 2 rings (SSSR count). The van der Waals surface area contributed by atoms with Crippen molar-refractivity contribution in [1.82, 2.24) is 9.97 Å². The number of ether oxygens (including phenoxy) is 2. The van der Waals surface area contributed by atoms with Gasteiger partial charge in [0.2, 0.25) is 0 Å². The summed E-state index contributed by atoms with van der Waals surface area (Å²) in [5.74, 6) is -1.12. The number of esters is 2. The molecule has 6 nitrogen and oxygen atoms in total. The van der Waals surface area contributed by atoms with Gasteiger partial charge in [-0.2, -0.15) is 0 Å². The van der Waals surface area contributed by atoms with Gasteiger partial charge in [-0.3, -0.25) is 9.97 Å². The van der Waals surface area contributed by atoms with E-state index in [1.807, 2.05) is 0 Å². The Morgan fingerprint density at radius 2 is 1.55 bits per heavy atom. The van der Waals surface area contributed by atoms with Crippen LogP contribution in [0.5, 0.6) is 0 Å². The second kappa shape index (κ2) is 6.34. The van der Waals surface area contributed by atoms with Crippen molar-refractivity contribution in [3.05, 3.63) is 47.0 Å². The summed E-state index contributed by atoms with van der Waals surface area (Å²) >= 11 is 0. The second-order valence-electron chi connectivity index (χ2n) is 4.63. The van der Waals surface area contributed by atoms with Crippen molar-refractivity contribution in [2.45, 2.75) is 13.8 Å². The number of aromatic nitrogens is 2. The maximum absolute atomic E-state index is 12.2. The first-order valence-corrected chi connectivity index (χ1v) is 6.59. The van der Waals surface area contributed by atoms with Crippen molar-refractivity contribution in [3.8, 4) is 11.1 Å². The smallest absolute Gasteiger partial charge is 0.340 e. The van der Waals surface area contributed by atoms with Crippen LogP contribution >= 0.6 is 0 Å². The van der Waals surface area contributed by atoms with E-state index in [-0.39, 0.29) is 11.1 Å². The molecule has 0 radical (unpaired) electrons. The molecule has 2 heterocycles. The highest BCUT2D eigenvalue weighted by Crippen LogP contribution is 2.31. The molecule has 0 unspecified atom stereocenters. The molecule has 0 atom stereocenters. The lowest BCUT2D eigenvalue weighted by Gasteiger charge is -2.16. The van der Waals surface area contributed by atoms with E-state index in [9.17, 15) is 9.59 Å². The van der Waals surface area contributed by atoms with Crippen molar-refractivity contribution in [3.63, 3.8) is 0 Å². The highest BCUT2D eigenvalue weighted by Gasteiger charge is 2.27. The van der Waals surface area contributed by atoms with Crippen LogP contribution in [0, 0.1) is 13.8 Å². The summed E-state index contributed by atoms with van der Waals surface area (Å²) in [5.41, 5.74) is 2.49. The molecule has 0 aromatic carbocycles. The van der Waals surface area contributed by atoms with E-state index in [4.69, 9.17) is 9.47 Å². The first-order valence-electron chi connectivity index (χ1n) is 6.59. The maximum Gasteiger partial charge on any atom is 0.340 e. The van der Waals surface area contributed by atoms with Crippen LogP contribution in [-0.4, -0.2) is 36.1 Å². The predicted molar refractivity (Wildman–Crippen MR) is 79.6 cm³/mol. The largest absolute Gasteiger partial charge is 0.465 e. The molecular formula is C16H16N2O4. The lowest BCUT2D eigenvalue weighted by molar-refractivity contribution is 0.0599. The first-order chi connectivity index (χ1) is 10.5. The summed E-state index contributed by atoms with van der Waals surface area (Å²) in [6.45, 7) is 3.39. The first kappa shape index (κ1) is 15.6. The highest BCUT2D eigenvalue weighted by atomic mass is 16.5. The molecule has 6 heteroatoms. The Hall–Kier alpha value is -2.76. The Labute approximate surface area is 128 Å². The van der Waals surface area contributed by atoms with E-state index in [2.05, 4.69) is 9.97 Å². The van der Waals surface area contributed by atoms with Crippen molar-refractivity contribution >= 4 is 11.9 Å². The van der Waals surface area contributed by atoms with Gasteiger partial charge >= 0.3 is 11.9 Å². The monoisotopic (exact) mass is 300 g/mol. The summed E-state index contributed by atoms with van der Waals surface area (Å²) < 4.78 is 9.67. The van der Waals surface area contributed by atoms with Crippen LogP contribution in [0.25, 0.3) is 11.1 Å². The molecule has 2 aromatic rings. The standard InChI is InChI=1S/C16H16N2O4/c1-9-12(15(19)21-3)14(11-6-5-7-17-8-11)13(10(2)18-9)16(20)22-4/h5-8H,1-4H3. The van der Waals surface area contributed by atoms with Gasteiger partial charge in [0.15, 0.2) is 0 Å². The number of rotatable bonds is 3. The molecule has 0 aliphatic rings. The lowest BCUT2D eigenvalue weighted by Crippen LogP contribution is -2.16. The minimum Gasteiger partial charge on any atom is -0.465 e. The molecular weight excluding hydrogens is 284 g/mol. The van der Waals surface area contributed by atoms with E-state index >= 15 is 0 Å². The summed E-state index contributed by atoms with van der Waals surface area (Å²) in [6.07, 6.45) is 3.19. The number of pyridine rings is 2. The minimum absolute atomic E-state index is 0.238. The van der Waals surface area contributed by atoms with E-state index in [1.165, 1.54) is 14.2 Å². The van der Waals surface area contributed by atoms with E-state index < -0.39 is 11.9 Å². The average molecular weight is 300 g/mol. The molecule has 0 N–H and O–H groups in total. The number of hydrogen-bond acceptors (Lipinski definition) is 6. The van der Waals surface area contributed by atoms with Crippen LogP contribution in [0.2, 0.25) is 0 Å². The van der Waals surface area contributed by atoms with Crippen LogP contribution in [0.1, 0.15) is 32.1 Å². The van der Waals surface area contributed by atoms with E-state index in [0.717, 1.165) is 0 Å². The van der Waals surface area contributed by atoms with Gasteiger partial charge in [0.25, 0.3) is 0 Å². The molecule has 114 valence electrons. The van der Waals surface area contributed by atoms with Gasteiger partial charge in [-0.25, -0.2) is 9.59 Å². The fourth-order valence-electron chi connectivity index (χ4n) is 2.35. The Morgan fingerprint density at radius 3 is 1.95 bits per heavy atom. The molecule has 0 amide bonds. The van der Waals surface area contributed by atoms with Gasteiger partial charge in [0, 0.05) is 23.5 Å². The van der Waals surface area contributed by atoms with Crippen molar-refractivity contribution in [2.75, 3.05) is 14.2 Å². The van der Waals surface area contributed by atoms with Gasteiger partial charge in [0.05, 0.1) is 36.7 Å².